The Balaban J connectivity index is 3.18. The van der Waals surface area contributed by atoms with Crippen LogP contribution in [-0.2, 0) is 0 Å². The van der Waals surface area contributed by atoms with E-state index in [0.29, 0.717) is 12.0 Å². The van der Waals surface area contributed by atoms with E-state index < -0.39 is 0 Å². The second-order valence-electron chi connectivity index (χ2n) is 5.85. The van der Waals surface area contributed by atoms with Crippen molar-refractivity contribution in [3.63, 3.8) is 0 Å². The molecule has 0 aliphatic heterocycles. The van der Waals surface area contributed by atoms with Gasteiger partial charge in [-0.2, -0.15) is 0 Å². The highest BCUT2D eigenvalue weighted by Gasteiger charge is 2.09. The highest BCUT2D eigenvalue weighted by atomic mass is 14.9. The lowest BCUT2D eigenvalue weighted by atomic mass is 10.0. The molecule has 0 aromatic rings. The Kier molecular flexibility index (Phi) is 11.0. The third kappa shape index (κ3) is 10.8. The third-order valence-corrected chi connectivity index (χ3v) is 3.64. The molecule has 0 amide bonds. The Hall–Kier alpha value is -0.0800. The third-order valence-electron chi connectivity index (χ3n) is 3.64. The quantitative estimate of drug-likeness (QED) is 0.544. The molecular weight excluding hydrogens is 208 g/mol. The van der Waals surface area contributed by atoms with Crippen molar-refractivity contribution in [3.05, 3.63) is 0 Å². The number of nitrogens with two attached hydrogens (primary N) is 1. The van der Waals surface area contributed by atoms with Crippen LogP contribution in [0, 0.1) is 11.8 Å². The van der Waals surface area contributed by atoms with Crippen LogP contribution in [0.1, 0.15) is 66.2 Å². The number of hydrogen-bond acceptors (Lipinski definition) is 2. The van der Waals surface area contributed by atoms with E-state index in [9.17, 15) is 0 Å². The van der Waals surface area contributed by atoms with E-state index in [4.69, 9.17) is 5.73 Å². The lowest BCUT2D eigenvalue weighted by molar-refractivity contribution is 0.415. The summed E-state index contributed by atoms with van der Waals surface area (Å²) in [4.78, 5) is 0. The van der Waals surface area contributed by atoms with Gasteiger partial charge in [-0.1, -0.05) is 59.8 Å². The van der Waals surface area contributed by atoms with Crippen LogP contribution < -0.4 is 11.1 Å². The van der Waals surface area contributed by atoms with Gasteiger partial charge in [0.25, 0.3) is 0 Å². The Bertz CT molecular complexity index is 157. The van der Waals surface area contributed by atoms with E-state index in [2.05, 4.69) is 33.0 Å². The Morgan fingerprint density at radius 2 is 1.65 bits per heavy atom. The predicted molar refractivity (Wildman–Crippen MR) is 78.2 cm³/mol. The van der Waals surface area contributed by atoms with Gasteiger partial charge >= 0.3 is 0 Å². The zero-order valence-corrected chi connectivity index (χ0v) is 12.5. The first-order valence-corrected chi connectivity index (χ1v) is 7.54. The van der Waals surface area contributed by atoms with E-state index in [-0.39, 0.29) is 0 Å². The fraction of sp³-hybridized carbons (Fsp3) is 1.00. The zero-order valence-electron chi connectivity index (χ0n) is 12.5. The molecule has 0 saturated heterocycles. The maximum atomic E-state index is 6.06. The van der Waals surface area contributed by atoms with Crippen molar-refractivity contribution in [1.82, 2.24) is 5.32 Å². The van der Waals surface area contributed by atoms with Crippen LogP contribution in [0.3, 0.4) is 0 Å². The van der Waals surface area contributed by atoms with E-state index in [0.717, 1.165) is 19.0 Å². The number of rotatable bonds is 11. The summed E-state index contributed by atoms with van der Waals surface area (Å²) in [5.41, 5.74) is 6.06. The minimum Gasteiger partial charge on any atom is -0.326 e. The van der Waals surface area contributed by atoms with Gasteiger partial charge in [0.05, 0.1) is 0 Å². The van der Waals surface area contributed by atoms with Crippen molar-refractivity contribution in [3.8, 4) is 0 Å². The highest BCUT2D eigenvalue weighted by molar-refractivity contribution is 4.70. The normalized spacial score (nSPS) is 15.2. The lowest BCUT2D eigenvalue weighted by Crippen LogP contribution is -2.39. The van der Waals surface area contributed by atoms with Gasteiger partial charge in [0.1, 0.15) is 0 Å². The standard InChI is InChI=1S/C15H34N2/c1-5-14(4)15(16)12-17-11-9-7-6-8-10-13(2)3/h13-15,17H,5-12,16H2,1-4H3. The summed E-state index contributed by atoms with van der Waals surface area (Å²) in [6.07, 6.45) is 8.00. The highest BCUT2D eigenvalue weighted by Crippen LogP contribution is 2.09. The monoisotopic (exact) mass is 242 g/mol. The number of hydrogen-bond donors (Lipinski definition) is 2. The van der Waals surface area contributed by atoms with Crippen LogP contribution in [0.15, 0.2) is 0 Å². The number of unbranched alkanes of at least 4 members (excludes halogenated alkanes) is 3. The summed E-state index contributed by atoms with van der Waals surface area (Å²) >= 11 is 0. The first-order chi connectivity index (χ1) is 8.07. The van der Waals surface area contributed by atoms with Crippen molar-refractivity contribution < 1.29 is 0 Å². The van der Waals surface area contributed by atoms with Gasteiger partial charge in [0.15, 0.2) is 0 Å². The van der Waals surface area contributed by atoms with Gasteiger partial charge in [-0.15, -0.1) is 0 Å². The topological polar surface area (TPSA) is 38.0 Å². The molecule has 2 nitrogen and oxygen atoms in total. The maximum Gasteiger partial charge on any atom is 0.0191 e. The minimum absolute atomic E-state index is 0.320. The van der Waals surface area contributed by atoms with Crippen molar-refractivity contribution in [2.45, 2.75) is 72.3 Å². The molecule has 17 heavy (non-hydrogen) atoms. The first kappa shape index (κ1) is 16.9. The molecule has 0 fully saturated rings. The van der Waals surface area contributed by atoms with Gasteiger partial charge < -0.3 is 11.1 Å². The second-order valence-corrected chi connectivity index (χ2v) is 5.85. The average molecular weight is 242 g/mol. The Morgan fingerprint density at radius 1 is 1.00 bits per heavy atom. The number of nitrogens with one attached hydrogen (secondary N) is 1. The van der Waals surface area contributed by atoms with Crippen LogP contribution in [0.4, 0.5) is 0 Å². The van der Waals surface area contributed by atoms with Gasteiger partial charge in [0.2, 0.25) is 0 Å². The first-order valence-electron chi connectivity index (χ1n) is 7.54. The molecule has 0 rings (SSSR count). The van der Waals surface area contributed by atoms with E-state index in [1.54, 1.807) is 0 Å². The predicted octanol–water partition coefficient (Wildman–Crippen LogP) is 3.56. The molecule has 0 saturated carbocycles. The summed E-state index contributed by atoms with van der Waals surface area (Å²) in [5.74, 6) is 1.50. The molecule has 0 aliphatic rings. The molecule has 2 heteroatoms. The van der Waals surface area contributed by atoms with E-state index in [1.807, 2.05) is 0 Å². The maximum absolute atomic E-state index is 6.06. The average Bonchev–Trinajstić information content (AvgIpc) is 2.30. The Labute approximate surface area is 109 Å². The van der Waals surface area contributed by atoms with Gasteiger partial charge in [-0.05, 0) is 24.8 Å². The molecule has 2 atom stereocenters. The minimum atomic E-state index is 0.320. The summed E-state index contributed by atoms with van der Waals surface area (Å²) in [6.45, 7) is 11.2. The molecule has 0 bridgehead atoms. The zero-order chi connectivity index (χ0) is 13.1. The molecule has 0 radical (unpaired) electrons. The van der Waals surface area contributed by atoms with Gasteiger partial charge in [-0.25, -0.2) is 0 Å². The second kappa shape index (κ2) is 11.0. The van der Waals surface area contributed by atoms with Crippen molar-refractivity contribution in [2.75, 3.05) is 13.1 Å². The van der Waals surface area contributed by atoms with Gasteiger partial charge in [-0.3, -0.25) is 0 Å². The van der Waals surface area contributed by atoms with Crippen molar-refractivity contribution in [2.24, 2.45) is 17.6 Å². The largest absolute Gasteiger partial charge is 0.326 e. The lowest BCUT2D eigenvalue weighted by Gasteiger charge is -2.18. The molecule has 0 aromatic heterocycles. The summed E-state index contributed by atoms with van der Waals surface area (Å²) in [6, 6.07) is 0.320. The fourth-order valence-corrected chi connectivity index (χ4v) is 1.93. The summed E-state index contributed by atoms with van der Waals surface area (Å²) < 4.78 is 0. The molecular formula is C15H34N2. The molecule has 0 aliphatic carbocycles. The van der Waals surface area contributed by atoms with E-state index >= 15 is 0 Å². The molecule has 104 valence electrons. The van der Waals surface area contributed by atoms with E-state index in [1.165, 1.54) is 38.5 Å². The SMILES string of the molecule is CCC(C)C(N)CNCCCCCCC(C)C. The van der Waals surface area contributed by atoms with Crippen LogP contribution in [0.25, 0.3) is 0 Å². The van der Waals surface area contributed by atoms with Gasteiger partial charge in [0, 0.05) is 12.6 Å². The molecule has 0 spiro atoms. The van der Waals surface area contributed by atoms with Crippen LogP contribution in [0.2, 0.25) is 0 Å². The summed E-state index contributed by atoms with van der Waals surface area (Å²) in [7, 11) is 0. The van der Waals surface area contributed by atoms with Crippen LogP contribution in [-0.4, -0.2) is 19.1 Å². The molecule has 3 N–H and O–H groups in total. The van der Waals surface area contributed by atoms with Crippen molar-refractivity contribution >= 4 is 0 Å². The molecule has 0 heterocycles. The molecule has 0 aromatic carbocycles. The van der Waals surface area contributed by atoms with Crippen LogP contribution >= 0.6 is 0 Å². The summed E-state index contributed by atoms with van der Waals surface area (Å²) in [5, 5.41) is 3.48. The van der Waals surface area contributed by atoms with Crippen LogP contribution in [0.5, 0.6) is 0 Å². The smallest absolute Gasteiger partial charge is 0.0191 e. The van der Waals surface area contributed by atoms with Crippen molar-refractivity contribution in [1.29, 1.82) is 0 Å². The molecule has 2 unspecified atom stereocenters. The fourth-order valence-electron chi connectivity index (χ4n) is 1.93. The Morgan fingerprint density at radius 3 is 2.24 bits per heavy atom.